The number of hydrogen-bond acceptors (Lipinski definition) is 4. The topological polar surface area (TPSA) is 75.7 Å². The lowest BCUT2D eigenvalue weighted by molar-refractivity contribution is -0.118. The molecule has 6 nitrogen and oxygen atoms in total. The summed E-state index contributed by atoms with van der Waals surface area (Å²) in [6.07, 6.45) is 1.79. The van der Waals surface area contributed by atoms with Crippen molar-refractivity contribution in [3.8, 4) is 5.75 Å². The summed E-state index contributed by atoms with van der Waals surface area (Å²) in [6.45, 7) is 4.63. The minimum atomic E-state index is -3.95. The Kier molecular flexibility index (Phi) is 5.88. The first kappa shape index (κ1) is 20.1. The molecule has 28 heavy (non-hydrogen) atoms. The second-order valence-corrected chi connectivity index (χ2v) is 8.20. The number of halogens is 1. The lowest BCUT2D eigenvalue weighted by atomic mass is 10.0. The number of ether oxygens (including phenoxy) is 1. The normalized spacial score (nSPS) is 14.0. The Labute approximate surface area is 164 Å². The molecule has 0 spiro atoms. The number of anilines is 2. The molecule has 1 amide bonds. The van der Waals surface area contributed by atoms with Crippen LogP contribution in [0.1, 0.15) is 32.3 Å². The van der Waals surface area contributed by atoms with E-state index in [2.05, 4.69) is 4.72 Å². The summed E-state index contributed by atoms with van der Waals surface area (Å²) in [5.74, 6) is -0.646. The molecule has 1 N–H and O–H groups in total. The number of rotatable bonds is 7. The van der Waals surface area contributed by atoms with Crippen molar-refractivity contribution in [3.63, 3.8) is 0 Å². The Balaban J connectivity index is 1.85. The highest BCUT2D eigenvalue weighted by Gasteiger charge is 2.24. The molecule has 0 bridgehead atoms. The van der Waals surface area contributed by atoms with Crippen LogP contribution in [0.4, 0.5) is 15.8 Å². The standard InChI is InChI=1S/C20H23FN2O4S/c1-3-11-23-18-8-6-15(12-14(18)5-10-20(23)24)22-28(25,26)16-7-9-19(27-4-2)17(21)13-16/h6-9,12-13,22H,3-5,10-11H2,1-2H3. The zero-order valence-electron chi connectivity index (χ0n) is 15.9. The lowest BCUT2D eigenvalue weighted by Crippen LogP contribution is -2.35. The number of benzene rings is 2. The first-order chi connectivity index (χ1) is 13.4. The van der Waals surface area contributed by atoms with Gasteiger partial charge in [-0.25, -0.2) is 12.8 Å². The van der Waals surface area contributed by atoms with E-state index in [0.717, 1.165) is 23.7 Å². The minimum absolute atomic E-state index is 0.0101. The summed E-state index contributed by atoms with van der Waals surface area (Å²) in [4.78, 5) is 13.7. The van der Waals surface area contributed by atoms with Crippen molar-refractivity contribution in [1.82, 2.24) is 0 Å². The third-order valence-corrected chi connectivity index (χ3v) is 5.87. The van der Waals surface area contributed by atoms with E-state index in [4.69, 9.17) is 4.74 Å². The number of nitrogens with zero attached hydrogens (tertiary/aromatic N) is 1. The second-order valence-electron chi connectivity index (χ2n) is 6.52. The van der Waals surface area contributed by atoms with E-state index in [1.54, 1.807) is 30.0 Å². The Hall–Kier alpha value is -2.61. The molecule has 0 radical (unpaired) electrons. The molecule has 0 atom stereocenters. The highest BCUT2D eigenvalue weighted by atomic mass is 32.2. The van der Waals surface area contributed by atoms with E-state index in [0.29, 0.717) is 25.1 Å². The van der Waals surface area contributed by atoms with E-state index in [1.165, 1.54) is 12.1 Å². The fourth-order valence-electron chi connectivity index (χ4n) is 3.23. The van der Waals surface area contributed by atoms with E-state index < -0.39 is 15.8 Å². The molecule has 1 heterocycles. The number of sulfonamides is 1. The van der Waals surface area contributed by atoms with Gasteiger partial charge in [-0.05, 0) is 61.7 Å². The number of fused-ring (bicyclic) bond motifs is 1. The fraction of sp³-hybridized carbons (Fsp3) is 0.350. The van der Waals surface area contributed by atoms with Crippen LogP contribution < -0.4 is 14.4 Å². The zero-order chi connectivity index (χ0) is 20.3. The number of carbonyl (C=O) groups is 1. The number of carbonyl (C=O) groups excluding carboxylic acids is 1. The molecule has 2 aromatic rings. The van der Waals surface area contributed by atoms with Gasteiger partial charge in [-0.3, -0.25) is 9.52 Å². The first-order valence-corrected chi connectivity index (χ1v) is 10.7. The number of aryl methyl sites for hydroxylation is 1. The van der Waals surface area contributed by atoms with Gasteiger partial charge in [0.1, 0.15) is 0 Å². The van der Waals surface area contributed by atoms with Crippen LogP contribution >= 0.6 is 0 Å². The SMILES string of the molecule is CCCN1C(=O)CCc2cc(NS(=O)(=O)c3ccc(OCC)c(F)c3)ccc21. The highest BCUT2D eigenvalue weighted by molar-refractivity contribution is 7.92. The summed E-state index contributed by atoms with van der Waals surface area (Å²) in [5.41, 5.74) is 2.10. The molecule has 2 aromatic carbocycles. The molecule has 1 aliphatic rings. The quantitative estimate of drug-likeness (QED) is 0.761. The Bertz CT molecular complexity index is 992. The van der Waals surface area contributed by atoms with E-state index in [9.17, 15) is 17.6 Å². The van der Waals surface area contributed by atoms with Crippen molar-refractivity contribution in [2.24, 2.45) is 0 Å². The molecule has 0 unspecified atom stereocenters. The van der Waals surface area contributed by atoms with Gasteiger partial charge in [-0.15, -0.1) is 0 Å². The molecule has 0 aromatic heterocycles. The van der Waals surface area contributed by atoms with Gasteiger partial charge in [-0.1, -0.05) is 6.92 Å². The van der Waals surface area contributed by atoms with Crippen LogP contribution in [0.15, 0.2) is 41.3 Å². The summed E-state index contributed by atoms with van der Waals surface area (Å²) in [6, 6.07) is 8.63. The third-order valence-electron chi connectivity index (χ3n) is 4.49. The number of nitrogens with one attached hydrogen (secondary N) is 1. The highest BCUT2D eigenvalue weighted by Crippen LogP contribution is 2.31. The summed E-state index contributed by atoms with van der Waals surface area (Å²) in [7, 11) is -3.95. The average Bonchev–Trinajstić information content (AvgIpc) is 2.65. The molecular weight excluding hydrogens is 383 g/mol. The second kappa shape index (κ2) is 8.18. The van der Waals surface area contributed by atoms with Crippen LogP contribution in [0.25, 0.3) is 0 Å². The van der Waals surface area contributed by atoms with E-state index in [1.807, 2.05) is 6.92 Å². The Morgan fingerprint density at radius 2 is 1.93 bits per heavy atom. The maximum atomic E-state index is 14.0. The van der Waals surface area contributed by atoms with Crippen LogP contribution in [-0.2, 0) is 21.2 Å². The van der Waals surface area contributed by atoms with Crippen molar-refractivity contribution < 1.29 is 22.3 Å². The molecule has 0 fully saturated rings. The van der Waals surface area contributed by atoms with E-state index >= 15 is 0 Å². The monoisotopic (exact) mass is 406 g/mol. The van der Waals surface area contributed by atoms with Gasteiger partial charge in [0.25, 0.3) is 10.0 Å². The van der Waals surface area contributed by atoms with Crippen molar-refractivity contribution >= 4 is 27.3 Å². The molecular formula is C20H23FN2O4S. The van der Waals surface area contributed by atoms with Gasteiger partial charge in [-0.2, -0.15) is 0 Å². The smallest absolute Gasteiger partial charge is 0.262 e. The molecule has 3 rings (SSSR count). The third kappa shape index (κ3) is 4.11. The molecule has 1 aliphatic heterocycles. The van der Waals surface area contributed by atoms with Crippen molar-refractivity contribution in [3.05, 3.63) is 47.8 Å². The van der Waals surface area contributed by atoms with Crippen LogP contribution in [0.2, 0.25) is 0 Å². The number of amides is 1. The Morgan fingerprint density at radius 1 is 1.14 bits per heavy atom. The van der Waals surface area contributed by atoms with Crippen LogP contribution in [0, 0.1) is 5.82 Å². The average molecular weight is 406 g/mol. The summed E-state index contributed by atoms with van der Waals surface area (Å²) >= 11 is 0. The van der Waals surface area contributed by atoms with Crippen molar-refractivity contribution in [1.29, 1.82) is 0 Å². The molecule has 150 valence electrons. The van der Waals surface area contributed by atoms with Crippen LogP contribution in [0.3, 0.4) is 0 Å². The van der Waals surface area contributed by atoms with Crippen LogP contribution in [-0.4, -0.2) is 27.5 Å². The number of hydrogen-bond donors (Lipinski definition) is 1. The molecule has 0 saturated heterocycles. The minimum Gasteiger partial charge on any atom is -0.491 e. The summed E-state index contributed by atoms with van der Waals surface area (Å²) < 4.78 is 46.9. The predicted octanol–water partition coefficient (Wildman–Crippen LogP) is 3.71. The lowest BCUT2D eigenvalue weighted by Gasteiger charge is -2.29. The van der Waals surface area contributed by atoms with Crippen molar-refractivity contribution in [2.45, 2.75) is 38.0 Å². The van der Waals surface area contributed by atoms with Crippen LogP contribution in [0.5, 0.6) is 5.75 Å². The fourth-order valence-corrected chi connectivity index (χ4v) is 4.29. The van der Waals surface area contributed by atoms with Crippen molar-refractivity contribution in [2.75, 3.05) is 22.8 Å². The van der Waals surface area contributed by atoms with Gasteiger partial charge >= 0.3 is 0 Å². The molecule has 0 aliphatic carbocycles. The van der Waals surface area contributed by atoms with Gasteiger partial charge in [0.05, 0.1) is 11.5 Å². The first-order valence-electron chi connectivity index (χ1n) is 9.24. The predicted molar refractivity (Wildman–Crippen MR) is 106 cm³/mol. The zero-order valence-corrected chi connectivity index (χ0v) is 16.7. The molecule has 0 saturated carbocycles. The van der Waals surface area contributed by atoms with Gasteiger partial charge in [0.2, 0.25) is 5.91 Å². The molecule has 8 heteroatoms. The maximum absolute atomic E-state index is 14.0. The Morgan fingerprint density at radius 3 is 2.61 bits per heavy atom. The summed E-state index contributed by atoms with van der Waals surface area (Å²) in [5, 5.41) is 0. The van der Waals surface area contributed by atoms with Gasteiger partial charge in [0, 0.05) is 24.3 Å². The van der Waals surface area contributed by atoms with Gasteiger partial charge in [0.15, 0.2) is 11.6 Å². The van der Waals surface area contributed by atoms with E-state index in [-0.39, 0.29) is 23.2 Å². The largest absolute Gasteiger partial charge is 0.491 e. The van der Waals surface area contributed by atoms with Gasteiger partial charge < -0.3 is 9.64 Å². The maximum Gasteiger partial charge on any atom is 0.262 e.